The molecule has 0 N–H and O–H groups in total. The normalized spacial score (nSPS) is 11.4. The molecule has 0 fully saturated rings. The second-order valence-corrected chi connectivity index (χ2v) is 4.87. The summed E-state index contributed by atoms with van der Waals surface area (Å²) in [5, 5.41) is 0. The van der Waals surface area contributed by atoms with Gasteiger partial charge in [-0.25, -0.2) is 0 Å². The molecule has 0 aliphatic heterocycles. The second kappa shape index (κ2) is 6.70. The second-order valence-electron chi connectivity index (χ2n) is 4.87. The van der Waals surface area contributed by atoms with Crippen LogP contribution < -0.4 is 0 Å². The van der Waals surface area contributed by atoms with Gasteiger partial charge in [-0.05, 0) is 45.7 Å². The summed E-state index contributed by atoms with van der Waals surface area (Å²) in [6.07, 6.45) is 2.41. The van der Waals surface area contributed by atoms with Gasteiger partial charge < -0.3 is 4.90 Å². The minimum absolute atomic E-state index is 0.658. The highest BCUT2D eigenvalue weighted by molar-refractivity contribution is 5.21. The molecule has 1 nitrogen and oxygen atoms in total. The predicted molar refractivity (Wildman–Crippen MR) is 71.9 cm³/mol. The first-order valence-electron chi connectivity index (χ1n) is 6.43. The average molecular weight is 219 g/mol. The van der Waals surface area contributed by atoms with Gasteiger partial charge in [0.1, 0.15) is 0 Å². The number of hydrogen-bond acceptors (Lipinski definition) is 1. The molecule has 0 spiro atoms. The van der Waals surface area contributed by atoms with Gasteiger partial charge in [-0.15, -0.1) is 0 Å². The van der Waals surface area contributed by atoms with Gasteiger partial charge in [-0.2, -0.15) is 0 Å². The molecule has 0 saturated carbocycles. The van der Waals surface area contributed by atoms with Crippen molar-refractivity contribution in [2.24, 2.45) is 0 Å². The van der Waals surface area contributed by atoms with Gasteiger partial charge in [0.25, 0.3) is 0 Å². The highest BCUT2D eigenvalue weighted by Crippen LogP contribution is 2.07. The van der Waals surface area contributed by atoms with Crippen LogP contribution in [-0.4, -0.2) is 24.0 Å². The van der Waals surface area contributed by atoms with E-state index < -0.39 is 0 Å². The molecule has 1 aromatic rings. The van der Waals surface area contributed by atoms with Gasteiger partial charge in [0.15, 0.2) is 0 Å². The van der Waals surface area contributed by atoms with Gasteiger partial charge in [-0.3, -0.25) is 0 Å². The summed E-state index contributed by atoms with van der Waals surface area (Å²) in [6.45, 7) is 11.3. The maximum Gasteiger partial charge on any atom is 0.00387 e. The molecule has 1 aromatic carbocycles. The van der Waals surface area contributed by atoms with E-state index in [9.17, 15) is 0 Å². The van der Waals surface area contributed by atoms with E-state index >= 15 is 0 Å². The molecule has 0 unspecified atom stereocenters. The number of nitrogens with zero attached hydrogens (tertiary/aromatic N) is 1. The van der Waals surface area contributed by atoms with E-state index in [1.54, 1.807) is 0 Å². The zero-order chi connectivity index (χ0) is 12.0. The minimum Gasteiger partial charge on any atom is -0.301 e. The topological polar surface area (TPSA) is 3.24 Å². The molecule has 1 rings (SSSR count). The molecule has 0 aliphatic carbocycles. The molecule has 16 heavy (non-hydrogen) atoms. The number of benzene rings is 1. The van der Waals surface area contributed by atoms with Crippen LogP contribution in [0.15, 0.2) is 24.3 Å². The van der Waals surface area contributed by atoms with Crippen LogP contribution in [0, 0.1) is 6.92 Å². The first-order chi connectivity index (χ1) is 7.63. The quantitative estimate of drug-likeness (QED) is 0.706. The fraction of sp³-hybridized carbons (Fsp3) is 0.600. The summed E-state index contributed by atoms with van der Waals surface area (Å²) in [7, 11) is 0. The first-order valence-corrected chi connectivity index (χ1v) is 6.43. The smallest absolute Gasteiger partial charge is 0.00387 e. The van der Waals surface area contributed by atoms with Gasteiger partial charge in [0.2, 0.25) is 0 Å². The molecule has 0 bridgehead atoms. The van der Waals surface area contributed by atoms with Crippen molar-refractivity contribution in [3.63, 3.8) is 0 Å². The lowest BCUT2D eigenvalue weighted by Crippen LogP contribution is -2.33. The molecule has 0 aromatic heterocycles. The van der Waals surface area contributed by atoms with Crippen molar-refractivity contribution in [1.82, 2.24) is 4.90 Å². The van der Waals surface area contributed by atoms with Crippen LogP contribution in [-0.2, 0) is 6.42 Å². The fourth-order valence-corrected chi connectivity index (χ4v) is 1.94. The molecular weight excluding hydrogens is 194 g/mol. The standard InChI is InChI=1S/C15H25N/c1-5-11-16(13(2)3)12-10-15-8-6-14(4)7-9-15/h6-9,13H,5,10-12H2,1-4H3. The molecule has 1 heteroatoms. The lowest BCUT2D eigenvalue weighted by atomic mass is 10.1. The van der Waals surface area contributed by atoms with E-state index in [1.165, 1.54) is 37.1 Å². The third kappa shape index (κ3) is 4.36. The van der Waals surface area contributed by atoms with Crippen molar-refractivity contribution >= 4 is 0 Å². The highest BCUT2D eigenvalue weighted by atomic mass is 15.1. The van der Waals surface area contributed by atoms with Crippen LogP contribution in [0.5, 0.6) is 0 Å². The Morgan fingerprint density at radius 3 is 2.19 bits per heavy atom. The SMILES string of the molecule is CCCN(CCc1ccc(C)cc1)C(C)C. The number of hydrogen-bond donors (Lipinski definition) is 0. The molecule has 0 atom stereocenters. The van der Waals surface area contributed by atoms with Crippen molar-refractivity contribution in [3.05, 3.63) is 35.4 Å². The van der Waals surface area contributed by atoms with Crippen LogP contribution in [0.4, 0.5) is 0 Å². The van der Waals surface area contributed by atoms with Crippen LogP contribution in [0.3, 0.4) is 0 Å². The molecule has 0 aliphatic rings. The monoisotopic (exact) mass is 219 g/mol. The van der Waals surface area contributed by atoms with E-state index in [2.05, 4.69) is 56.9 Å². The van der Waals surface area contributed by atoms with Crippen molar-refractivity contribution in [1.29, 1.82) is 0 Å². The summed E-state index contributed by atoms with van der Waals surface area (Å²) in [5.41, 5.74) is 2.80. The van der Waals surface area contributed by atoms with Crippen LogP contribution in [0.1, 0.15) is 38.3 Å². The van der Waals surface area contributed by atoms with Crippen molar-refractivity contribution in [2.75, 3.05) is 13.1 Å². The summed E-state index contributed by atoms with van der Waals surface area (Å²) in [6, 6.07) is 9.56. The van der Waals surface area contributed by atoms with Crippen molar-refractivity contribution < 1.29 is 0 Å². The average Bonchev–Trinajstić information content (AvgIpc) is 2.26. The molecule has 0 saturated heterocycles. The van der Waals surface area contributed by atoms with E-state index in [-0.39, 0.29) is 0 Å². The Kier molecular flexibility index (Phi) is 5.54. The van der Waals surface area contributed by atoms with E-state index in [0.29, 0.717) is 6.04 Å². The molecule has 0 amide bonds. The zero-order valence-electron chi connectivity index (χ0n) is 11.2. The van der Waals surface area contributed by atoms with Crippen LogP contribution in [0.25, 0.3) is 0 Å². The summed E-state index contributed by atoms with van der Waals surface area (Å²) >= 11 is 0. The summed E-state index contributed by atoms with van der Waals surface area (Å²) in [5.74, 6) is 0. The Morgan fingerprint density at radius 1 is 1.06 bits per heavy atom. The maximum absolute atomic E-state index is 2.56. The minimum atomic E-state index is 0.658. The maximum atomic E-state index is 2.56. The van der Waals surface area contributed by atoms with Gasteiger partial charge >= 0.3 is 0 Å². The summed E-state index contributed by atoms with van der Waals surface area (Å²) < 4.78 is 0. The Morgan fingerprint density at radius 2 is 1.69 bits per heavy atom. The van der Waals surface area contributed by atoms with Gasteiger partial charge in [0, 0.05) is 12.6 Å². The molecule has 90 valence electrons. The predicted octanol–water partition coefficient (Wildman–Crippen LogP) is 3.66. The van der Waals surface area contributed by atoms with Crippen molar-refractivity contribution in [2.45, 2.75) is 46.6 Å². The molecule has 0 radical (unpaired) electrons. The van der Waals surface area contributed by atoms with E-state index in [1.807, 2.05) is 0 Å². The first kappa shape index (κ1) is 13.2. The highest BCUT2D eigenvalue weighted by Gasteiger charge is 2.07. The lowest BCUT2D eigenvalue weighted by molar-refractivity contribution is 0.225. The van der Waals surface area contributed by atoms with E-state index in [4.69, 9.17) is 0 Å². The van der Waals surface area contributed by atoms with Crippen LogP contribution in [0.2, 0.25) is 0 Å². The van der Waals surface area contributed by atoms with Gasteiger partial charge in [-0.1, -0.05) is 36.8 Å². The Hall–Kier alpha value is -0.820. The zero-order valence-corrected chi connectivity index (χ0v) is 11.2. The number of rotatable bonds is 6. The summed E-state index contributed by atoms with van der Waals surface area (Å²) in [4.78, 5) is 2.56. The molecular formula is C15H25N. The van der Waals surface area contributed by atoms with Crippen molar-refractivity contribution in [3.8, 4) is 0 Å². The fourth-order valence-electron chi connectivity index (χ4n) is 1.94. The Balaban J connectivity index is 2.45. The Labute approximate surface area is 100 Å². The Bertz CT molecular complexity index is 287. The third-order valence-corrected chi connectivity index (χ3v) is 3.05. The molecule has 0 heterocycles. The largest absolute Gasteiger partial charge is 0.301 e. The van der Waals surface area contributed by atoms with Crippen LogP contribution >= 0.6 is 0 Å². The van der Waals surface area contributed by atoms with E-state index in [0.717, 1.165) is 0 Å². The van der Waals surface area contributed by atoms with Gasteiger partial charge in [0.05, 0.1) is 0 Å². The third-order valence-electron chi connectivity index (χ3n) is 3.05. The number of aryl methyl sites for hydroxylation is 1. The lowest BCUT2D eigenvalue weighted by Gasteiger charge is -2.25.